The molecule has 22 heavy (non-hydrogen) atoms. The molecular formula is C17H26ClO3P. The Balaban J connectivity index is 2.05. The van der Waals surface area contributed by atoms with Crippen molar-refractivity contribution in [2.45, 2.75) is 46.1 Å². The smallest absolute Gasteiger partial charge is 0.376 e. The first-order valence-electron chi connectivity index (χ1n) is 7.98. The summed E-state index contributed by atoms with van der Waals surface area (Å²) in [6.45, 7) is 8.20. The van der Waals surface area contributed by atoms with Crippen molar-refractivity contribution in [3.8, 4) is 5.75 Å². The van der Waals surface area contributed by atoms with Crippen molar-refractivity contribution in [3.05, 3.63) is 29.3 Å². The average molecular weight is 345 g/mol. The lowest BCUT2D eigenvalue weighted by molar-refractivity contribution is 0.0403. The van der Waals surface area contributed by atoms with Crippen molar-refractivity contribution in [1.82, 2.24) is 0 Å². The van der Waals surface area contributed by atoms with Gasteiger partial charge in [-0.25, -0.2) is 4.57 Å². The Kier molecular flexibility index (Phi) is 5.99. The summed E-state index contributed by atoms with van der Waals surface area (Å²) in [6.07, 6.45) is 3.30. The van der Waals surface area contributed by atoms with E-state index >= 15 is 0 Å². The summed E-state index contributed by atoms with van der Waals surface area (Å²) in [4.78, 5) is 0. The number of halogens is 1. The monoisotopic (exact) mass is 344 g/mol. The average Bonchev–Trinajstić information content (AvgIpc) is 2.40. The highest BCUT2D eigenvalue weighted by Gasteiger charge is 2.36. The second-order valence-electron chi connectivity index (χ2n) is 6.79. The van der Waals surface area contributed by atoms with Crippen LogP contribution in [-0.4, -0.2) is 12.8 Å². The van der Waals surface area contributed by atoms with E-state index in [9.17, 15) is 4.57 Å². The fourth-order valence-electron chi connectivity index (χ4n) is 3.19. The Morgan fingerprint density at radius 2 is 1.86 bits per heavy atom. The van der Waals surface area contributed by atoms with Crippen LogP contribution in [0.25, 0.3) is 0 Å². The second-order valence-corrected chi connectivity index (χ2v) is 9.16. The molecule has 0 amide bonds. The van der Waals surface area contributed by atoms with Crippen LogP contribution in [-0.2, 0) is 9.09 Å². The first-order chi connectivity index (χ1) is 10.3. The fraction of sp³-hybridized carbons (Fsp3) is 0.647. The molecule has 1 saturated carbocycles. The molecule has 0 unspecified atom stereocenters. The molecule has 1 aromatic carbocycles. The predicted molar refractivity (Wildman–Crippen MR) is 91.8 cm³/mol. The Bertz CT molecular complexity index is 529. The van der Waals surface area contributed by atoms with E-state index < -0.39 is 7.60 Å². The summed E-state index contributed by atoms with van der Waals surface area (Å²) in [5.41, 5.74) is 0. The zero-order valence-corrected chi connectivity index (χ0v) is 15.4. The van der Waals surface area contributed by atoms with Crippen LogP contribution in [0.2, 0.25) is 5.02 Å². The van der Waals surface area contributed by atoms with Crippen molar-refractivity contribution in [1.29, 1.82) is 0 Å². The predicted octanol–water partition coefficient (Wildman–Crippen LogP) is 6.02. The van der Waals surface area contributed by atoms with Gasteiger partial charge in [-0.2, -0.15) is 0 Å². The van der Waals surface area contributed by atoms with Gasteiger partial charge in [-0.15, -0.1) is 0 Å². The van der Waals surface area contributed by atoms with Gasteiger partial charge in [0.05, 0.1) is 6.10 Å². The van der Waals surface area contributed by atoms with Gasteiger partial charge in [0.15, 0.2) is 0 Å². The van der Waals surface area contributed by atoms with Crippen LogP contribution in [0, 0.1) is 17.8 Å². The molecule has 0 radical (unpaired) electrons. The molecule has 5 heteroatoms. The minimum absolute atomic E-state index is 0.00637. The Labute approximate surface area is 138 Å². The Morgan fingerprint density at radius 1 is 1.23 bits per heavy atom. The summed E-state index contributed by atoms with van der Waals surface area (Å²) in [6, 6.07) is 6.86. The van der Waals surface area contributed by atoms with Crippen LogP contribution >= 0.6 is 19.2 Å². The van der Waals surface area contributed by atoms with Crippen LogP contribution in [0.4, 0.5) is 0 Å². The Hall–Kier alpha value is -0.500. The topological polar surface area (TPSA) is 35.5 Å². The van der Waals surface area contributed by atoms with Gasteiger partial charge in [-0.05, 0) is 54.9 Å². The summed E-state index contributed by atoms with van der Waals surface area (Å²) in [7, 11) is -3.14. The molecule has 124 valence electrons. The van der Waals surface area contributed by atoms with E-state index in [-0.39, 0.29) is 6.10 Å². The van der Waals surface area contributed by atoms with Crippen LogP contribution < -0.4 is 4.52 Å². The third kappa shape index (κ3) is 5.01. The van der Waals surface area contributed by atoms with Crippen LogP contribution in [0.1, 0.15) is 40.0 Å². The molecule has 1 aromatic rings. The van der Waals surface area contributed by atoms with E-state index in [1.165, 1.54) is 6.42 Å². The third-order valence-corrected chi connectivity index (χ3v) is 5.82. The normalized spacial score (nSPS) is 28.4. The van der Waals surface area contributed by atoms with E-state index in [0.717, 1.165) is 12.8 Å². The second kappa shape index (κ2) is 7.38. The van der Waals surface area contributed by atoms with Crippen molar-refractivity contribution in [2.75, 3.05) is 6.66 Å². The largest absolute Gasteiger partial charge is 0.425 e. The molecule has 0 saturated heterocycles. The maximum Gasteiger partial charge on any atom is 0.376 e. The zero-order chi connectivity index (χ0) is 16.3. The number of hydrogen-bond acceptors (Lipinski definition) is 3. The highest BCUT2D eigenvalue weighted by Crippen LogP contribution is 2.50. The van der Waals surface area contributed by atoms with E-state index in [4.69, 9.17) is 20.6 Å². The molecule has 1 fully saturated rings. The van der Waals surface area contributed by atoms with Crippen molar-refractivity contribution < 1.29 is 13.6 Å². The standard InChI is InChI=1S/C17H26ClO3P/c1-12(2)16-10-5-13(3)11-17(16)21-22(4,19)20-15-8-6-14(18)7-9-15/h6-9,12-13,16-17H,5,10-11H2,1-4H3/t13-,16+,17-,22-/m0/s1. The molecule has 0 aliphatic heterocycles. The highest BCUT2D eigenvalue weighted by molar-refractivity contribution is 7.53. The lowest BCUT2D eigenvalue weighted by Crippen LogP contribution is -2.33. The van der Waals surface area contributed by atoms with Crippen molar-refractivity contribution in [3.63, 3.8) is 0 Å². The molecule has 0 aromatic heterocycles. The number of hydrogen-bond donors (Lipinski definition) is 0. The van der Waals surface area contributed by atoms with Crippen LogP contribution in [0.15, 0.2) is 24.3 Å². The lowest BCUT2D eigenvalue weighted by atomic mass is 9.75. The van der Waals surface area contributed by atoms with Gasteiger partial charge < -0.3 is 4.52 Å². The molecule has 2 rings (SSSR count). The molecule has 1 aliphatic rings. The fourth-order valence-corrected chi connectivity index (χ4v) is 4.60. The van der Waals surface area contributed by atoms with Gasteiger partial charge in [0, 0.05) is 11.7 Å². The summed E-state index contributed by atoms with van der Waals surface area (Å²) in [5, 5.41) is 0.625. The van der Waals surface area contributed by atoms with Gasteiger partial charge >= 0.3 is 7.60 Å². The minimum Gasteiger partial charge on any atom is -0.425 e. The van der Waals surface area contributed by atoms with Gasteiger partial charge in [-0.1, -0.05) is 38.8 Å². The van der Waals surface area contributed by atoms with Crippen molar-refractivity contribution in [2.24, 2.45) is 17.8 Å². The Morgan fingerprint density at radius 3 is 2.45 bits per heavy atom. The van der Waals surface area contributed by atoms with E-state index in [1.807, 2.05) is 0 Å². The van der Waals surface area contributed by atoms with Gasteiger partial charge in [0.25, 0.3) is 0 Å². The molecule has 4 atom stereocenters. The molecule has 1 aliphatic carbocycles. The summed E-state index contributed by atoms with van der Waals surface area (Å²) >= 11 is 5.85. The highest BCUT2D eigenvalue weighted by atomic mass is 35.5. The molecule has 0 bridgehead atoms. The van der Waals surface area contributed by atoms with Gasteiger partial charge in [0.1, 0.15) is 5.75 Å². The van der Waals surface area contributed by atoms with E-state index in [1.54, 1.807) is 30.9 Å². The number of rotatable bonds is 5. The first kappa shape index (κ1) is 17.8. The van der Waals surface area contributed by atoms with Crippen molar-refractivity contribution >= 4 is 19.2 Å². The quantitative estimate of drug-likeness (QED) is 0.613. The molecular weight excluding hydrogens is 319 g/mol. The molecule has 3 nitrogen and oxygen atoms in total. The van der Waals surface area contributed by atoms with E-state index in [0.29, 0.717) is 28.5 Å². The third-order valence-electron chi connectivity index (χ3n) is 4.37. The summed E-state index contributed by atoms with van der Waals surface area (Å²) in [5.74, 6) is 2.10. The van der Waals surface area contributed by atoms with Gasteiger partial charge in [0.2, 0.25) is 0 Å². The summed E-state index contributed by atoms with van der Waals surface area (Å²) < 4.78 is 24.3. The zero-order valence-electron chi connectivity index (χ0n) is 13.8. The molecule has 0 spiro atoms. The van der Waals surface area contributed by atoms with Crippen LogP contribution in [0.5, 0.6) is 5.75 Å². The minimum atomic E-state index is -3.14. The van der Waals surface area contributed by atoms with Gasteiger partial charge in [-0.3, -0.25) is 4.52 Å². The maximum atomic E-state index is 12.7. The molecule has 0 N–H and O–H groups in total. The SMILES string of the molecule is CC(C)[C@H]1CC[C@H](C)C[C@@H]1O[P@@](C)(=O)Oc1ccc(Cl)cc1. The molecule has 0 heterocycles. The van der Waals surface area contributed by atoms with E-state index in [2.05, 4.69) is 20.8 Å². The lowest BCUT2D eigenvalue weighted by Gasteiger charge is -2.37. The first-order valence-corrected chi connectivity index (χ1v) is 10.3. The number of benzene rings is 1. The maximum absolute atomic E-state index is 12.7. The van der Waals surface area contributed by atoms with Crippen LogP contribution in [0.3, 0.4) is 0 Å².